The van der Waals surface area contributed by atoms with Gasteiger partial charge in [0.1, 0.15) is 0 Å². The van der Waals surface area contributed by atoms with Crippen LogP contribution >= 0.6 is 11.6 Å². The van der Waals surface area contributed by atoms with Crippen molar-refractivity contribution in [1.29, 1.82) is 0 Å². The predicted octanol–water partition coefficient (Wildman–Crippen LogP) is 1.30. The number of aromatic nitrogens is 1. The summed E-state index contributed by atoms with van der Waals surface area (Å²) >= 11 is 5.53. The third-order valence-corrected chi connectivity index (χ3v) is 1.79. The third-order valence-electron chi connectivity index (χ3n) is 1.59. The molecule has 0 aliphatic heterocycles. The zero-order valence-corrected chi connectivity index (χ0v) is 7.92. The van der Waals surface area contributed by atoms with E-state index in [2.05, 4.69) is 4.98 Å². The number of hydrogen-bond donors (Lipinski definition) is 1. The van der Waals surface area contributed by atoms with E-state index < -0.39 is 5.82 Å². The highest BCUT2D eigenvalue weighted by atomic mass is 35.5. The molecule has 1 rings (SSSR count). The van der Waals surface area contributed by atoms with Gasteiger partial charge in [-0.25, -0.2) is 9.37 Å². The van der Waals surface area contributed by atoms with Crippen LogP contribution in [-0.4, -0.2) is 30.3 Å². The lowest BCUT2D eigenvalue weighted by Gasteiger charge is -2.16. The Morgan fingerprint density at radius 3 is 2.92 bits per heavy atom. The Morgan fingerprint density at radius 1 is 1.69 bits per heavy atom. The van der Waals surface area contributed by atoms with Crippen LogP contribution in [0.4, 0.5) is 10.2 Å². The van der Waals surface area contributed by atoms with E-state index in [1.54, 1.807) is 7.05 Å². The van der Waals surface area contributed by atoms with Crippen molar-refractivity contribution in [2.24, 2.45) is 0 Å². The van der Waals surface area contributed by atoms with Crippen LogP contribution in [0.2, 0.25) is 5.02 Å². The second-order valence-electron chi connectivity index (χ2n) is 2.60. The summed E-state index contributed by atoms with van der Waals surface area (Å²) in [4.78, 5) is 5.32. The molecule has 0 amide bonds. The number of halogens is 2. The van der Waals surface area contributed by atoms with Crippen molar-refractivity contribution in [3.8, 4) is 0 Å². The van der Waals surface area contributed by atoms with Gasteiger partial charge >= 0.3 is 0 Å². The van der Waals surface area contributed by atoms with Gasteiger partial charge in [-0.3, -0.25) is 0 Å². The highest BCUT2D eigenvalue weighted by Gasteiger charge is 2.08. The molecule has 1 heterocycles. The molecule has 0 saturated heterocycles. The van der Waals surface area contributed by atoms with Gasteiger partial charge in [-0.15, -0.1) is 0 Å². The van der Waals surface area contributed by atoms with Gasteiger partial charge in [-0.2, -0.15) is 0 Å². The molecule has 0 fully saturated rings. The molecule has 0 radical (unpaired) electrons. The Morgan fingerprint density at radius 2 is 2.38 bits per heavy atom. The molecule has 0 aliphatic rings. The maximum Gasteiger partial charge on any atom is 0.167 e. The number of aliphatic hydroxyl groups is 1. The summed E-state index contributed by atoms with van der Waals surface area (Å²) in [7, 11) is 1.65. The monoisotopic (exact) mass is 204 g/mol. The van der Waals surface area contributed by atoms with Crippen LogP contribution in [0, 0.1) is 5.82 Å². The minimum absolute atomic E-state index is 0.0414. The minimum Gasteiger partial charge on any atom is -0.395 e. The topological polar surface area (TPSA) is 36.4 Å². The Bertz CT molecular complexity index is 295. The van der Waals surface area contributed by atoms with E-state index in [-0.39, 0.29) is 17.4 Å². The van der Waals surface area contributed by atoms with E-state index in [1.807, 2.05) is 0 Å². The highest BCUT2D eigenvalue weighted by Crippen LogP contribution is 2.17. The number of rotatable bonds is 3. The van der Waals surface area contributed by atoms with Crippen LogP contribution in [-0.2, 0) is 0 Å². The predicted molar refractivity (Wildman–Crippen MR) is 49.6 cm³/mol. The number of pyridine rings is 1. The summed E-state index contributed by atoms with van der Waals surface area (Å²) in [5.41, 5.74) is 0. The van der Waals surface area contributed by atoms with E-state index in [0.717, 1.165) is 0 Å². The van der Waals surface area contributed by atoms with Gasteiger partial charge in [-0.1, -0.05) is 11.6 Å². The standard InChI is InChI=1S/C8H10ClFN2O/c1-12(2-3-13)8-7(10)4-6(9)5-11-8/h4-5,13H,2-3H2,1H3. The SMILES string of the molecule is CN(CCO)c1ncc(Cl)cc1F. The molecule has 13 heavy (non-hydrogen) atoms. The molecule has 0 spiro atoms. The van der Waals surface area contributed by atoms with E-state index in [1.165, 1.54) is 17.2 Å². The van der Waals surface area contributed by atoms with Crippen LogP contribution < -0.4 is 4.90 Å². The molecule has 1 N–H and O–H groups in total. The van der Waals surface area contributed by atoms with Crippen molar-refractivity contribution in [3.63, 3.8) is 0 Å². The molecule has 1 aromatic heterocycles. The van der Waals surface area contributed by atoms with E-state index >= 15 is 0 Å². The quantitative estimate of drug-likeness (QED) is 0.807. The molecule has 0 atom stereocenters. The maximum absolute atomic E-state index is 13.2. The van der Waals surface area contributed by atoms with E-state index in [0.29, 0.717) is 6.54 Å². The summed E-state index contributed by atoms with van der Waals surface area (Å²) in [5.74, 6) is -0.290. The van der Waals surface area contributed by atoms with Crippen molar-refractivity contribution >= 4 is 17.4 Å². The first-order valence-corrected chi connectivity index (χ1v) is 4.16. The highest BCUT2D eigenvalue weighted by molar-refractivity contribution is 6.30. The molecule has 0 aromatic carbocycles. The van der Waals surface area contributed by atoms with Crippen molar-refractivity contribution in [3.05, 3.63) is 23.1 Å². The van der Waals surface area contributed by atoms with Crippen molar-refractivity contribution < 1.29 is 9.50 Å². The van der Waals surface area contributed by atoms with Gasteiger partial charge in [0.25, 0.3) is 0 Å². The summed E-state index contributed by atoms with van der Waals surface area (Å²) < 4.78 is 13.2. The van der Waals surface area contributed by atoms with Gasteiger partial charge in [0, 0.05) is 19.8 Å². The van der Waals surface area contributed by atoms with Gasteiger partial charge < -0.3 is 10.0 Å². The molecule has 1 aromatic rings. The van der Waals surface area contributed by atoms with Crippen molar-refractivity contribution in [2.45, 2.75) is 0 Å². The molecule has 0 aliphatic carbocycles. The second-order valence-corrected chi connectivity index (χ2v) is 3.04. The summed E-state index contributed by atoms with van der Waals surface area (Å²) in [5, 5.41) is 8.89. The lowest BCUT2D eigenvalue weighted by molar-refractivity contribution is 0.303. The molecule has 0 unspecified atom stereocenters. The maximum atomic E-state index is 13.2. The van der Waals surface area contributed by atoms with Crippen LogP contribution in [0.15, 0.2) is 12.3 Å². The fourth-order valence-electron chi connectivity index (χ4n) is 0.944. The third kappa shape index (κ3) is 2.54. The molecular formula is C8H10ClFN2O. The van der Waals surface area contributed by atoms with E-state index in [9.17, 15) is 4.39 Å². The van der Waals surface area contributed by atoms with Crippen LogP contribution in [0.5, 0.6) is 0 Å². The van der Waals surface area contributed by atoms with Crippen LogP contribution in [0.1, 0.15) is 0 Å². The Labute approximate surface area is 80.8 Å². The fraction of sp³-hybridized carbons (Fsp3) is 0.375. The molecule has 72 valence electrons. The summed E-state index contributed by atoms with van der Waals surface area (Å²) in [6, 6.07) is 1.19. The first-order valence-electron chi connectivity index (χ1n) is 3.78. The average molecular weight is 205 g/mol. The van der Waals surface area contributed by atoms with Gasteiger partial charge in [-0.05, 0) is 6.07 Å². The largest absolute Gasteiger partial charge is 0.395 e. The summed E-state index contributed by atoms with van der Waals surface area (Å²) in [6.45, 7) is 0.297. The number of anilines is 1. The lowest BCUT2D eigenvalue weighted by Crippen LogP contribution is -2.23. The Balaban J connectivity index is 2.88. The zero-order chi connectivity index (χ0) is 9.84. The van der Waals surface area contributed by atoms with Gasteiger partial charge in [0.2, 0.25) is 0 Å². The van der Waals surface area contributed by atoms with Crippen LogP contribution in [0.25, 0.3) is 0 Å². The number of nitrogens with zero attached hydrogens (tertiary/aromatic N) is 2. The fourth-order valence-corrected chi connectivity index (χ4v) is 1.09. The number of likely N-dealkylation sites (N-methyl/N-ethyl adjacent to an activating group) is 1. The average Bonchev–Trinajstić information content (AvgIpc) is 2.04. The van der Waals surface area contributed by atoms with Gasteiger partial charge in [0.05, 0.1) is 11.6 Å². The molecule has 3 nitrogen and oxygen atoms in total. The number of aliphatic hydroxyl groups excluding tert-OH is 1. The van der Waals surface area contributed by atoms with Crippen molar-refractivity contribution in [1.82, 2.24) is 4.98 Å². The molecular weight excluding hydrogens is 195 g/mol. The smallest absolute Gasteiger partial charge is 0.167 e. The second kappa shape index (κ2) is 4.39. The van der Waals surface area contributed by atoms with Crippen LogP contribution in [0.3, 0.4) is 0 Å². The minimum atomic E-state index is -0.483. The first-order chi connectivity index (χ1) is 6.15. The Hall–Kier alpha value is -0.870. The zero-order valence-electron chi connectivity index (χ0n) is 7.17. The number of hydrogen-bond acceptors (Lipinski definition) is 3. The Kier molecular flexibility index (Phi) is 3.45. The lowest BCUT2D eigenvalue weighted by atomic mass is 10.4. The normalized spacial score (nSPS) is 10.2. The summed E-state index contributed by atoms with van der Waals surface area (Å²) in [6.07, 6.45) is 1.37. The molecule has 0 saturated carbocycles. The van der Waals surface area contributed by atoms with Gasteiger partial charge in [0.15, 0.2) is 11.6 Å². The molecule has 5 heteroatoms. The van der Waals surface area contributed by atoms with E-state index in [4.69, 9.17) is 16.7 Å². The molecule has 0 bridgehead atoms. The first kappa shape index (κ1) is 10.2. The van der Waals surface area contributed by atoms with Crippen molar-refractivity contribution in [2.75, 3.05) is 25.1 Å².